The summed E-state index contributed by atoms with van der Waals surface area (Å²) in [6.07, 6.45) is 1.37. The van der Waals surface area contributed by atoms with Crippen molar-refractivity contribution < 1.29 is 4.39 Å². The van der Waals surface area contributed by atoms with Gasteiger partial charge in [0.05, 0.1) is 5.69 Å². The summed E-state index contributed by atoms with van der Waals surface area (Å²) in [6, 6.07) is 6.29. The standard InChI is InChI=1S/C8H7FN4/c9-6-3-1-2-4-7(6)13-5-11-12-8(13)10/h1-5H,(H2,10,12). The Morgan fingerprint density at radius 3 is 2.69 bits per heavy atom. The van der Waals surface area contributed by atoms with Gasteiger partial charge in [-0.1, -0.05) is 12.1 Å². The third-order valence-corrected chi connectivity index (χ3v) is 1.69. The van der Waals surface area contributed by atoms with E-state index in [4.69, 9.17) is 5.73 Å². The second-order valence-corrected chi connectivity index (χ2v) is 2.51. The number of aromatic nitrogens is 3. The highest BCUT2D eigenvalue weighted by molar-refractivity contribution is 5.38. The number of nitrogens with two attached hydrogens (primary N) is 1. The summed E-state index contributed by atoms with van der Waals surface area (Å²) in [4.78, 5) is 0. The molecule has 1 aromatic carbocycles. The highest BCUT2D eigenvalue weighted by atomic mass is 19.1. The first-order valence-electron chi connectivity index (χ1n) is 3.69. The maximum atomic E-state index is 13.2. The smallest absolute Gasteiger partial charge is 0.226 e. The van der Waals surface area contributed by atoms with Gasteiger partial charge in [-0.2, -0.15) is 0 Å². The Morgan fingerprint density at radius 2 is 2.08 bits per heavy atom. The van der Waals surface area contributed by atoms with E-state index in [2.05, 4.69) is 10.2 Å². The molecule has 66 valence electrons. The van der Waals surface area contributed by atoms with Crippen LogP contribution in [0.15, 0.2) is 30.6 Å². The van der Waals surface area contributed by atoms with Gasteiger partial charge >= 0.3 is 0 Å². The Balaban J connectivity index is 2.59. The Bertz CT molecular complexity index is 424. The van der Waals surface area contributed by atoms with Gasteiger partial charge in [0.2, 0.25) is 5.95 Å². The molecular weight excluding hydrogens is 171 g/mol. The fourth-order valence-corrected chi connectivity index (χ4v) is 1.08. The SMILES string of the molecule is Nc1nncn1-c1ccccc1F. The van der Waals surface area contributed by atoms with E-state index in [-0.39, 0.29) is 11.8 Å². The molecule has 0 radical (unpaired) electrons. The lowest BCUT2D eigenvalue weighted by molar-refractivity contribution is 0.618. The molecule has 0 saturated carbocycles. The molecule has 0 amide bonds. The predicted octanol–water partition coefficient (Wildman–Crippen LogP) is 0.989. The van der Waals surface area contributed by atoms with Gasteiger partial charge in [-0.05, 0) is 12.1 Å². The van der Waals surface area contributed by atoms with Crippen molar-refractivity contribution in [3.8, 4) is 5.69 Å². The third-order valence-electron chi connectivity index (χ3n) is 1.69. The maximum Gasteiger partial charge on any atom is 0.226 e. The van der Waals surface area contributed by atoms with Crippen LogP contribution >= 0.6 is 0 Å². The first kappa shape index (κ1) is 7.72. The van der Waals surface area contributed by atoms with Gasteiger partial charge in [-0.15, -0.1) is 10.2 Å². The van der Waals surface area contributed by atoms with Crippen molar-refractivity contribution in [3.05, 3.63) is 36.4 Å². The van der Waals surface area contributed by atoms with Crippen LogP contribution < -0.4 is 5.73 Å². The number of para-hydroxylation sites is 1. The lowest BCUT2D eigenvalue weighted by atomic mass is 10.3. The summed E-state index contributed by atoms with van der Waals surface area (Å²) in [7, 11) is 0. The molecule has 0 atom stereocenters. The number of nitrogen functional groups attached to an aromatic ring is 1. The molecule has 0 spiro atoms. The molecule has 5 heteroatoms. The van der Waals surface area contributed by atoms with Crippen LogP contribution in [0.2, 0.25) is 0 Å². The predicted molar refractivity (Wildman–Crippen MR) is 45.7 cm³/mol. The molecular formula is C8H7FN4. The molecule has 1 aromatic heterocycles. The van der Waals surface area contributed by atoms with Crippen LogP contribution in [0, 0.1) is 5.82 Å². The fourth-order valence-electron chi connectivity index (χ4n) is 1.08. The summed E-state index contributed by atoms with van der Waals surface area (Å²) in [5.41, 5.74) is 5.82. The first-order chi connectivity index (χ1) is 6.29. The molecule has 1 heterocycles. The van der Waals surface area contributed by atoms with Crippen molar-refractivity contribution in [2.24, 2.45) is 0 Å². The zero-order chi connectivity index (χ0) is 9.26. The van der Waals surface area contributed by atoms with Crippen LogP contribution in [0.1, 0.15) is 0 Å². The zero-order valence-corrected chi connectivity index (χ0v) is 6.68. The molecule has 13 heavy (non-hydrogen) atoms. The van der Waals surface area contributed by atoms with E-state index in [1.165, 1.54) is 17.0 Å². The summed E-state index contributed by atoms with van der Waals surface area (Å²) >= 11 is 0. The Kier molecular flexibility index (Phi) is 1.70. The summed E-state index contributed by atoms with van der Waals surface area (Å²) in [5.74, 6) is -0.181. The molecule has 2 N–H and O–H groups in total. The molecule has 0 saturated heterocycles. The highest BCUT2D eigenvalue weighted by Gasteiger charge is 2.05. The van der Waals surface area contributed by atoms with Gasteiger partial charge in [0.25, 0.3) is 0 Å². The van der Waals surface area contributed by atoms with Gasteiger partial charge < -0.3 is 5.73 Å². The van der Waals surface area contributed by atoms with Crippen molar-refractivity contribution >= 4 is 5.95 Å². The van der Waals surface area contributed by atoms with Crippen molar-refractivity contribution in [2.75, 3.05) is 5.73 Å². The Morgan fingerprint density at radius 1 is 1.31 bits per heavy atom. The molecule has 2 rings (SSSR count). The minimum absolute atomic E-state index is 0.171. The van der Waals surface area contributed by atoms with Gasteiger partial charge in [-0.25, -0.2) is 4.39 Å². The van der Waals surface area contributed by atoms with E-state index in [0.717, 1.165) is 0 Å². The number of nitrogens with zero attached hydrogens (tertiary/aromatic N) is 3. The fraction of sp³-hybridized carbons (Fsp3) is 0. The first-order valence-corrected chi connectivity index (χ1v) is 3.69. The zero-order valence-electron chi connectivity index (χ0n) is 6.68. The van der Waals surface area contributed by atoms with Gasteiger partial charge in [0.15, 0.2) is 0 Å². The average molecular weight is 178 g/mol. The highest BCUT2D eigenvalue weighted by Crippen LogP contribution is 2.14. The van der Waals surface area contributed by atoms with Crippen molar-refractivity contribution in [2.45, 2.75) is 0 Å². The second-order valence-electron chi connectivity index (χ2n) is 2.51. The number of rotatable bonds is 1. The number of benzene rings is 1. The van der Waals surface area contributed by atoms with Gasteiger partial charge in [0, 0.05) is 0 Å². The minimum atomic E-state index is -0.353. The van der Waals surface area contributed by atoms with Crippen LogP contribution in [-0.2, 0) is 0 Å². The van der Waals surface area contributed by atoms with Crippen LogP contribution in [0.25, 0.3) is 5.69 Å². The minimum Gasteiger partial charge on any atom is -0.368 e. The van der Waals surface area contributed by atoms with E-state index < -0.39 is 0 Å². The van der Waals surface area contributed by atoms with Crippen molar-refractivity contribution in [3.63, 3.8) is 0 Å². The van der Waals surface area contributed by atoms with E-state index in [1.54, 1.807) is 18.2 Å². The maximum absolute atomic E-state index is 13.2. The molecule has 0 aliphatic heterocycles. The van der Waals surface area contributed by atoms with Crippen molar-refractivity contribution in [1.29, 1.82) is 0 Å². The van der Waals surface area contributed by atoms with E-state index in [0.29, 0.717) is 5.69 Å². The molecule has 2 aromatic rings. The van der Waals surface area contributed by atoms with E-state index >= 15 is 0 Å². The number of anilines is 1. The normalized spacial score (nSPS) is 10.2. The Labute approximate surface area is 73.8 Å². The quantitative estimate of drug-likeness (QED) is 0.708. The lowest BCUT2D eigenvalue weighted by Crippen LogP contribution is -2.01. The number of hydrogen-bond acceptors (Lipinski definition) is 3. The third kappa shape index (κ3) is 1.24. The molecule has 0 aliphatic carbocycles. The molecule has 0 unspecified atom stereocenters. The van der Waals surface area contributed by atoms with Crippen LogP contribution in [0.5, 0.6) is 0 Å². The van der Waals surface area contributed by atoms with Gasteiger partial charge in [-0.3, -0.25) is 4.57 Å². The van der Waals surface area contributed by atoms with Crippen LogP contribution in [0.4, 0.5) is 10.3 Å². The molecule has 4 nitrogen and oxygen atoms in total. The summed E-state index contributed by atoms with van der Waals surface area (Å²) in [5, 5.41) is 7.12. The average Bonchev–Trinajstić information content (AvgIpc) is 2.52. The largest absolute Gasteiger partial charge is 0.368 e. The van der Waals surface area contributed by atoms with Crippen LogP contribution in [0.3, 0.4) is 0 Å². The molecule has 0 aliphatic rings. The summed E-state index contributed by atoms with van der Waals surface area (Å²) in [6.45, 7) is 0. The van der Waals surface area contributed by atoms with Crippen molar-refractivity contribution in [1.82, 2.24) is 14.8 Å². The lowest BCUT2D eigenvalue weighted by Gasteiger charge is -2.03. The monoisotopic (exact) mass is 178 g/mol. The van der Waals surface area contributed by atoms with E-state index in [9.17, 15) is 4.39 Å². The molecule has 0 bridgehead atoms. The van der Waals surface area contributed by atoms with Gasteiger partial charge in [0.1, 0.15) is 12.1 Å². The van der Waals surface area contributed by atoms with Crippen LogP contribution in [-0.4, -0.2) is 14.8 Å². The second kappa shape index (κ2) is 2.85. The number of halogens is 1. The topological polar surface area (TPSA) is 56.7 Å². The number of hydrogen-bond donors (Lipinski definition) is 1. The van der Waals surface area contributed by atoms with E-state index in [1.807, 2.05) is 0 Å². The summed E-state index contributed by atoms with van der Waals surface area (Å²) < 4.78 is 14.6. The Hall–Kier alpha value is -1.91. The molecule has 0 fully saturated rings.